The molecule has 2 heterocycles. The Bertz CT molecular complexity index is 1510. The van der Waals surface area contributed by atoms with E-state index in [9.17, 15) is 4.57 Å². The van der Waals surface area contributed by atoms with Crippen LogP contribution in [-0.2, 0) is 4.57 Å². The second-order valence-corrected chi connectivity index (χ2v) is 10.7. The Balaban J connectivity index is 1.54. The first kappa shape index (κ1) is 19.7. The number of nitrogens with zero attached hydrogens (tertiary/aromatic N) is 1. The number of aromatic nitrogens is 1. The first-order valence-electron chi connectivity index (χ1n) is 10.8. The number of rotatable bonds is 3. The largest absolute Gasteiger partial charge is 0.456 e. The highest BCUT2D eigenvalue weighted by Crippen LogP contribution is 2.52. The Kier molecular flexibility index (Phi) is 4.71. The average Bonchev–Trinajstić information content (AvgIpc) is 2.90. The fraction of sp³-hybridized carbons (Fsp3) is 0. The van der Waals surface area contributed by atoms with Crippen LogP contribution in [-0.4, -0.2) is 4.98 Å². The minimum atomic E-state index is -3.10. The van der Waals surface area contributed by atoms with E-state index in [2.05, 4.69) is 23.2 Å². The molecule has 0 bridgehead atoms. The van der Waals surface area contributed by atoms with Crippen molar-refractivity contribution in [2.75, 3.05) is 0 Å². The number of hydrogen-bond acceptors (Lipinski definition) is 3. The Morgan fingerprint density at radius 2 is 1.21 bits per heavy atom. The van der Waals surface area contributed by atoms with Crippen molar-refractivity contribution in [3.63, 3.8) is 0 Å². The van der Waals surface area contributed by atoms with E-state index in [1.165, 1.54) is 0 Å². The molecular formula is C29H20NO2P. The quantitative estimate of drug-likeness (QED) is 0.306. The van der Waals surface area contributed by atoms with E-state index in [-0.39, 0.29) is 0 Å². The molecule has 1 aliphatic rings. The number of ether oxygens (including phenoxy) is 1. The fourth-order valence-corrected chi connectivity index (χ4v) is 7.31. The lowest BCUT2D eigenvalue weighted by Crippen LogP contribution is -2.30. The summed E-state index contributed by atoms with van der Waals surface area (Å²) in [6.07, 6.45) is 3.59. The van der Waals surface area contributed by atoms with Crippen molar-refractivity contribution in [3.05, 3.63) is 122 Å². The smallest absolute Gasteiger partial charge is 0.178 e. The second kappa shape index (κ2) is 7.88. The molecule has 1 aliphatic heterocycles. The van der Waals surface area contributed by atoms with Gasteiger partial charge in [0.15, 0.2) is 7.14 Å². The van der Waals surface area contributed by atoms with Gasteiger partial charge < -0.3 is 9.30 Å². The molecule has 0 aliphatic carbocycles. The monoisotopic (exact) mass is 445 g/mol. The Hall–Kier alpha value is -3.94. The fourth-order valence-electron chi connectivity index (χ4n) is 4.42. The number of benzene rings is 4. The molecule has 6 rings (SSSR count). The standard InChI is InChI=1S/C29H20NO2P/c31-33(25-9-2-1-3-10-25)28-12-5-4-11-26(28)32-27-14-13-24(20-29(27)33)23-8-6-7-22(19-23)21-15-17-30-18-16-21/h1-20H. The highest BCUT2D eigenvalue weighted by molar-refractivity contribution is 7.85. The molecule has 5 aromatic rings. The van der Waals surface area contributed by atoms with Crippen molar-refractivity contribution in [1.82, 2.24) is 4.98 Å². The van der Waals surface area contributed by atoms with Crippen molar-refractivity contribution in [1.29, 1.82) is 0 Å². The minimum Gasteiger partial charge on any atom is -0.456 e. The van der Waals surface area contributed by atoms with Gasteiger partial charge >= 0.3 is 0 Å². The third kappa shape index (κ3) is 3.29. The maximum Gasteiger partial charge on any atom is 0.178 e. The molecule has 0 N–H and O–H groups in total. The number of pyridine rings is 1. The SMILES string of the molecule is O=P1(c2ccccc2)c2ccccc2Oc2ccc(-c3cccc(-c4ccncc4)c3)cc21. The van der Waals surface area contributed by atoms with E-state index < -0.39 is 7.14 Å². The molecule has 1 aromatic heterocycles. The van der Waals surface area contributed by atoms with Gasteiger partial charge in [-0.1, -0.05) is 66.7 Å². The zero-order chi connectivity index (χ0) is 22.3. The van der Waals surface area contributed by atoms with Crippen molar-refractivity contribution >= 4 is 23.1 Å². The van der Waals surface area contributed by atoms with E-state index in [1.807, 2.05) is 91.0 Å². The van der Waals surface area contributed by atoms with Gasteiger partial charge in [-0.25, -0.2) is 0 Å². The van der Waals surface area contributed by atoms with Crippen LogP contribution in [0, 0.1) is 0 Å². The van der Waals surface area contributed by atoms with E-state index in [0.717, 1.165) is 38.2 Å². The Morgan fingerprint density at radius 1 is 0.545 bits per heavy atom. The van der Waals surface area contributed by atoms with Gasteiger partial charge in [-0.15, -0.1) is 0 Å². The Labute approximate surface area is 192 Å². The van der Waals surface area contributed by atoms with Gasteiger partial charge in [-0.3, -0.25) is 4.98 Å². The predicted molar refractivity (Wildman–Crippen MR) is 135 cm³/mol. The van der Waals surface area contributed by atoms with Crippen molar-refractivity contribution < 1.29 is 9.30 Å². The predicted octanol–water partition coefficient (Wildman–Crippen LogP) is 6.16. The second-order valence-electron chi connectivity index (χ2n) is 8.01. The van der Waals surface area contributed by atoms with Gasteiger partial charge in [0.2, 0.25) is 0 Å². The number of para-hydroxylation sites is 1. The van der Waals surface area contributed by atoms with Gasteiger partial charge in [-0.2, -0.15) is 0 Å². The zero-order valence-electron chi connectivity index (χ0n) is 17.8. The molecule has 4 heteroatoms. The summed E-state index contributed by atoms with van der Waals surface area (Å²) in [6, 6.07) is 35.7. The van der Waals surface area contributed by atoms with E-state index in [4.69, 9.17) is 4.74 Å². The number of hydrogen-bond donors (Lipinski definition) is 0. The van der Waals surface area contributed by atoms with Crippen LogP contribution in [0.3, 0.4) is 0 Å². The molecule has 0 fully saturated rings. The minimum absolute atomic E-state index is 0.648. The van der Waals surface area contributed by atoms with Crippen LogP contribution in [0.15, 0.2) is 122 Å². The topological polar surface area (TPSA) is 39.2 Å². The maximum atomic E-state index is 14.9. The summed E-state index contributed by atoms with van der Waals surface area (Å²) in [5, 5.41) is 2.29. The molecule has 1 atom stereocenters. The van der Waals surface area contributed by atoms with Crippen LogP contribution < -0.4 is 20.7 Å². The summed E-state index contributed by atoms with van der Waals surface area (Å²) in [7, 11) is -3.10. The van der Waals surface area contributed by atoms with E-state index in [0.29, 0.717) is 11.5 Å². The van der Waals surface area contributed by atoms with Crippen LogP contribution in [0.2, 0.25) is 0 Å². The summed E-state index contributed by atoms with van der Waals surface area (Å²) < 4.78 is 21.1. The molecular weight excluding hydrogens is 425 g/mol. The van der Waals surface area contributed by atoms with Crippen molar-refractivity contribution in [2.24, 2.45) is 0 Å². The Morgan fingerprint density at radius 3 is 2.03 bits per heavy atom. The van der Waals surface area contributed by atoms with E-state index in [1.54, 1.807) is 12.4 Å². The summed E-state index contributed by atoms with van der Waals surface area (Å²) in [4.78, 5) is 4.12. The molecule has 0 spiro atoms. The molecule has 1 unspecified atom stereocenters. The van der Waals surface area contributed by atoms with Gasteiger partial charge in [0.25, 0.3) is 0 Å². The normalized spacial score (nSPS) is 16.4. The summed E-state index contributed by atoms with van der Waals surface area (Å²) in [5.41, 5.74) is 4.28. The molecule has 0 saturated heterocycles. The summed E-state index contributed by atoms with van der Waals surface area (Å²) in [5.74, 6) is 1.31. The molecule has 0 saturated carbocycles. The summed E-state index contributed by atoms with van der Waals surface area (Å²) >= 11 is 0. The van der Waals surface area contributed by atoms with Gasteiger partial charge in [0, 0.05) is 17.7 Å². The average molecular weight is 445 g/mol. The summed E-state index contributed by atoms with van der Waals surface area (Å²) in [6.45, 7) is 0. The van der Waals surface area contributed by atoms with Gasteiger partial charge in [-0.05, 0) is 64.7 Å². The third-order valence-corrected chi connectivity index (χ3v) is 9.15. The number of fused-ring (bicyclic) bond motifs is 2. The van der Waals surface area contributed by atoms with E-state index >= 15 is 0 Å². The maximum absolute atomic E-state index is 14.9. The highest BCUT2D eigenvalue weighted by atomic mass is 31.2. The lowest BCUT2D eigenvalue weighted by atomic mass is 9.99. The van der Waals surface area contributed by atoms with Gasteiger partial charge in [0.05, 0.1) is 10.6 Å². The molecule has 0 radical (unpaired) electrons. The molecule has 4 aromatic carbocycles. The first-order chi connectivity index (χ1) is 16.2. The zero-order valence-corrected chi connectivity index (χ0v) is 18.7. The molecule has 0 amide bonds. The molecule has 158 valence electrons. The van der Waals surface area contributed by atoms with Crippen molar-refractivity contribution in [3.8, 4) is 33.8 Å². The van der Waals surface area contributed by atoms with Crippen LogP contribution in [0.1, 0.15) is 0 Å². The molecule has 33 heavy (non-hydrogen) atoms. The first-order valence-corrected chi connectivity index (χ1v) is 12.5. The molecule has 3 nitrogen and oxygen atoms in total. The lowest BCUT2D eigenvalue weighted by molar-refractivity contribution is 0.485. The highest BCUT2D eigenvalue weighted by Gasteiger charge is 2.39. The van der Waals surface area contributed by atoms with Crippen LogP contribution in [0.4, 0.5) is 0 Å². The van der Waals surface area contributed by atoms with Gasteiger partial charge in [0.1, 0.15) is 11.5 Å². The van der Waals surface area contributed by atoms with Crippen LogP contribution >= 0.6 is 7.14 Å². The third-order valence-electron chi connectivity index (χ3n) is 6.05. The lowest BCUT2D eigenvalue weighted by Gasteiger charge is -2.29. The van der Waals surface area contributed by atoms with Crippen LogP contribution in [0.5, 0.6) is 11.5 Å². The van der Waals surface area contributed by atoms with Crippen LogP contribution in [0.25, 0.3) is 22.3 Å². The van der Waals surface area contributed by atoms with Crippen molar-refractivity contribution in [2.45, 2.75) is 0 Å².